The van der Waals surface area contributed by atoms with Gasteiger partial charge in [0.25, 0.3) is 0 Å². The fourth-order valence-corrected chi connectivity index (χ4v) is 2.48. The molecule has 0 amide bonds. The van der Waals surface area contributed by atoms with Crippen molar-refractivity contribution in [2.75, 3.05) is 6.54 Å². The molecule has 0 saturated carbocycles. The second-order valence-corrected chi connectivity index (χ2v) is 5.19. The first-order chi connectivity index (χ1) is 9.52. The van der Waals surface area contributed by atoms with Gasteiger partial charge in [-0.05, 0) is 46.2 Å². The first kappa shape index (κ1) is 15.1. The predicted octanol–water partition coefficient (Wildman–Crippen LogP) is 4.57. The van der Waals surface area contributed by atoms with Gasteiger partial charge >= 0.3 is 0 Å². The van der Waals surface area contributed by atoms with Gasteiger partial charge in [-0.15, -0.1) is 0 Å². The fraction of sp³-hybridized carbons (Fsp3) is 0.200. The minimum absolute atomic E-state index is 0.315. The normalized spacial score (nSPS) is 12.4. The minimum atomic E-state index is -0.682. The molecule has 1 unspecified atom stereocenters. The third-order valence-electron chi connectivity index (χ3n) is 2.92. The Morgan fingerprint density at radius 2 is 1.75 bits per heavy atom. The van der Waals surface area contributed by atoms with Crippen molar-refractivity contribution >= 4 is 15.9 Å². The molecule has 106 valence electrons. The van der Waals surface area contributed by atoms with E-state index in [-0.39, 0.29) is 0 Å². The van der Waals surface area contributed by atoms with Crippen molar-refractivity contribution in [1.29, 1.82) is 0 Å². The van der Waals surface area contributed by atoms with Crippen molar-refractivity contribution in [3.63, 3.8) is 0 Å². The van der Waals surface area contributed by atoms with Crippen molar-refractivity contribution in [1.82, 2.24) is 5.32 Å². The summed E-state index contributed by atoms with van der Waals surface area (Å²) < 4.78 is 41.2. The number of hydrogen-bond donors (Lipinski definition) is 1. The van der Waals surface area contributed by atoms with Crippen LogP contribution in [0.5, 0.6) is 0 Å². The maximum Gasteiger partial charge on any atom is 0.142 e. The average Bonchev–Trinajstić information content (AvgIpc) is 2.38. The van der Waals surface area contributed by atoms with Crippen LogP contribution in [0.2, 0.25) is 0 Å². The zero-order chi connectivity index (χ0) is 14.7. The molecule has 0 spiro atoms. The highest BCUT2D eigenvalue weighted by Crippen LogP contribution is 2.29. The Morgan fingerprint density at radius 1 is 1.10 bits per heavy atom. The van der Waals surface area contributed by atoms with Gasteiger partial charge in [-0.2, -0.15) is 0 Å². The molecule has 5 heteroatoms. The van der Waals surface area contributed by atoms with E-state index in [9.17, 15) is 13.2 Å². The molecule has 0 aliphatic rings. The Kier molecular flexibility index (Phi) is 4.83. The largest absolute Gasteiger partial charge is 0.306 e. The highest BCUT2D eigenvalue weighted by Gasteiger charge is 2.19. The molecule has 0 bridgehead atoms. The molecule has 2 rings (SSSR count). The second kappa shape index (κ2) is 6.41. The van der Waals surface area contributed by atoms with Gasteiger partial charge in [0.2, 0.25) is 0 Å². The Hall–Kier alpha value is -1.33. The van der Waals surface area contributed by atoms with Crippen molar-refractivity contribution in [2.45, 2.75) is 13.0 Å². The second-order valence-electron chi connectivity index (χ2n) is 4.34. The molecule has 2 aromatic rings. The Bertz CT molecular complexity index is 596. The summed E-state index contributed by atoms with van der Waals surface area (Å²) in [6.45, 7) is 2.38. The highest BCUT2D eigenvalue weighted by atomic mass is 79.9. The van der Waals surface area contributed by atoms with Crippen LogP contribution in [0.3, 0.4) is 0 Å². The summed E-state index contributed by atoms with van der Waals surface area (Å²) >= 11 is 3.12. The van der Waals surface area contributed by atoms with E-state index in [0.717, 1.165) is 6.07 Å². The maximum atomic E-state index is 14.2. The van der Waals surface area contributed by atoms with Crippen molar-refractivity contribution in [3.05, 3.63) is 69.4 Å². The van der Waals surface area contributed by atoms with Crippen LogP contribution < -0.4 is 5.32 Å². The third kappa shape index (κ3) is 3.22. The standard InChI is InChI=1S/C15H13BrF3N/c1-2-20-15(9-6-10(17)8-11(18)7-9)12-4-3-5-13(16)14(12)19/h3-8,15,20H,2H2,1H3. The third-order valence-corrected chi connectivity index (χ3v) is 3.53. The maximum absolute atomic E-state index is 14.2. The Morgan fingerprint density at radius 3 is 2.35 bits per heavy atom. The number of benzene rings is 2. The minimum Gasteiger partial charge on any atom is -0.306 e. The molecule has 0 aliphatic carbocycles. The number of hydrogen-bond acceptors (Lipinski definition) is 1. The lowest BCUT2D eigenvalue weighted by molar-refractivity contribution is 0.540. The van der Waals surface area contributed by atoms with Crippen LogP contribution in [-0.4, -0.2) is 6.54 Å². The molecule has 0 aromatic heterocycles. The summed E-state index contributed by atoms with van der Waals surface area (Å²) in [5.74, 6) is -1.81. The van der Waals surface area contributed by atoms with Gasteiger partial charge in [0.1, 0.15) is 17.5 Å². The van der Waals surface area contributed by atoms with Crippen molar-refractivity contribution in [3.8, 4) is 0 Å². The van der Waals surface area contributed by atoms with Gasteiger partial charge < -0.3 is 5.32 Å². The van der Waals surface area contributed by atoms with E-state index in [1.165, 1.54) is 12.1 Å². The van der Waals surface area contributed by atoms with Gasteiger partial charge in [0.05, 0.1) is 10.5 Å². The molecule has 20 heavy (non-hydrogen) atoms. The summed E-state index contributed by atoms with van der Waals surface area (Å²) in [6.07, 6.45) is 0. The van der Waals surface area contributed by atoms with Crippen molar-refractivity contribution in [2.24, 2.45) is 0 Å². The molecule has 0 heterocycles. The average molecular weight is 344 g/mol. The van der Waals surface area contributed by atoms with Gasteiger partial charge in [-0.3, -0.25) is 0 Å². The van der Waals surface area contributed by atoms with Crippen LogP contribution in [-0.2, 0) is 0 Å². The van der Waals surface area contributed by atoms with E-state index < -0.39 is 23.5 Å². The predicted molar refractivity (Wildman–Crippen MR) is 76.0 cm³/mol. The van der Waals surface area contributed by atoms with Crippen molar-refractivity contribution < 1.29 is 13.2 Å². The molecular weight excluding hydrogens is 331 g/mol. The SMILES string of the molecule is CCNC(c1cc(F)cc(F)c1)c1cccc(Br)c1F. The fourth-order valence-electron chi connectivity index (χ4n) is 2.10. The van der Waals surface area contributed by atoms with E-state index in [2.05, 4.69) is 21.2 Å². The number of rotatable bonds is 4. The van der Waals surface area contributed by atoms with Crippen LogP contribution in [0, 0.1) is 17.5 Å². The summed E-state index contributed by atoms with van der Waals surface area (Å²) in [6, 6.07) is 7.45. The lowest BCUT2D eigenvalue weighted by Gasteiger charge is -2.20. The first-order valence-electron chi connectivity index (χ1n) is 6.16. The molecule has 0 radical (unpaired) electrons. The Balaban J connectivity index is 2.53. The molecule has 0 fully saturated rings. The van der Waals surface area contributed by atoms with Gasteiger partial charge in [0, 0.05) is 11.6 Å². The lowest BCUT2D eigenvalue weighted by atomic mass is 9.98. The monoisotopic (exact) mass is 343 g/mol. The molecule has 0 saturated heterocycles. The smallest absolute Gasteiger partial charge is 0.142 e. The summed E-state index contributed by atoms with van der Waals surface area (Å²) in [5.41, 5.74) is 0.688. The molecular formula is C15H13BrF3N. The van der Waals surface area contributed by atoms with E-state index >= 15 is 0 Å². The quantitative estimate of drug-likeness (QED) is 0.857. The highest BCUT2D eigenvalue weighted by molar-refractivity contribution is 9.10. The van der Waals surface area contributed by atoms with Crippen LogP contribution in [0.15, 0.2) is 40.9 Å². The first-order valence-corrected chi connectivity index (χ1v) is 6.95. The van der Waals surface area contributed by atoms with Crippen LogP contribution in [0.25, 0.3) is 0 Å². The van der Waals surface area contributed by atoms with Crippen LogP contribution in [0.1, 0.15) is 24.1 Å². The molecule has 1 nitrogen and oxygen atoms in total. The number of halogens is 4. The van der Waals surface area contributed by atoms with Crippen LogP contribution in [0.4, 0.5) is 13.2 Å². The van der Waals surface area contributed by atoms with E-state index in [0.29, 0.717) is 22.1 Å². The molecule has 1 N–H and O–H groups in total. The number of nitrogens with one attached hydrogen (secondary N) is 1. The molecule has 0 aliphatic heterocycles. The van der Waals surface area contributed by atoms with Gasteiger partial charge in [-0.1, -0.05) is 19.1 Å². The van der Waals surface area contributed by atoms with Gasteiger partial charge in [-0.25, -0.2) is 13.2 Å². The summed E-state index contributed by atoms with van der Waals surface area (Å²) in [7, 11) is 0. The zero-order valence-corrected chi connectivity index (χ0v) is 12.3. The van der Waals surface area contributed by atoms with E-state index in [4.69, 9.17) is 0 Å². The Labute approximate surface area is 123 Å². The van der Waals surface area contributed by atoms with E-state index in [1.54, 1.807) is 18.2 Å². The van der Waals surface area contributed by atoms with Crippen LogP contribution >= 0.6 is 15.9 Å². The van der Waals surface area contributed by atoms with Gasteiger partial charge in [0.15, 0.2) is 0 Å². The summed E-state index contributed by atoms with van der Waals surface area (Å²) in [4.78, 5) is 0. The molecule has 2 aromatic carbocycles. The topological polar surface area (TPSA) is 12.0 Å². The summed E-state index contributed by atoms with van der Waals surface area (Å²) in [5, 5.41) is 3.04. The van der Waals surface area contributed by atoms with E-state index in [1.807, 2.05) is 6.92 Å². The lowest BCUT2D eigenvalue weighted by Crippen LogP contribution is -2.23. The molecule has 1 atom stereocenters. The zero-order valence-electron chi connectivity index (χ0n) is 10.8.